The summed E-state index contributed by atoms with van der Waals surface area (Å²) in [7, 11) is 0. The van der Waals surface area contributed by atoms with Crippen molar-refractivity contribution in [3.8, 4) is 0 Å². The Bertz CT molecular complexity index is 430. The first-order valence-corrected chi connectivity index (χ1v) is 4.74. The molecule has 2 amide bonds. The van der Waals surface area contributed by atoms with E-state index in [1.54, 1.807) is 18.2 Å². The van der Waals surface area contributed by atoms with Crippen LogP contribution in [0.4, 0.5) is 10.5 Å². The molecule has 1 aromatic rings. The summed E-state index contributed by atoms with van der Waals surface area (Å²) in [6.07, 6.45) is -1.09. The van der Waals surface area contributed by atoms with Gasteiger partial charge in [0.05, 0.1) is 12.1 Å². The number of carboxylic acid groups (broad SMARTS) is 1. The number of anilines is 1. The summed E-state index contributed by atoms with van der Waals surface area (Å²) in [5, 5.41) is 8.81. The molecule has 5 heteroatoms. The number of benzene rings is 1. The fourth-order valence-corrected chi connectivity index (χ4v) is 2.00. The zero-order valence-electron chi connectivity index (χ0n) is 7.03. The number of halogens is 1. The number of nitrogens with zero attached hydrogens (tertiary/aromatic N) is 1. The highest BCUT2D eigenvalue weighted by molar-refractivity contribution is 9.10. The van der Waals surface area contributed by atoms with Crippen LogP contribution in [0.2, 0.25) is 0 Å². The van der Waals surface area contributed by atoms with Gasteiger partial charge in [-0.1, -0.05) is 22.0 Å². The molecule has 0 aliphatic carbocycles. The fraction of sp³-hybridized carbons (Fsp3) is 0.111. The molecule has 1 aromatic carbocycles. The Morgan fingerprint density at radius 2 is 2.21 bits per heavy atom. The Labute approximate surface area is 88.3 Å². The van der Waals surface area contributed by atoms with Gasteiger partial charge in [-0.2, -0.15) is 0 Å². The highest BCUT2D eigenvalue weighted by atomic mass is 79.9. The minimum atomic E-state index is -1.23. The number of hydrogen-bond acceptors (Lipinski definition) is 2. The molecule has 72 valence electrons. The van der Waals surface area contributed by atoms with E-state index in [1.165, 1.54) is 0 Å². The predicted octanol–water partition coefficient (Wildman–Crippen LogP) is 2.02. The lowest BCUT2D eigenvalue weighted by Crippen LogP contribution is -2.31. The van der Waals surface area contributed by atoms with Crippen molar-refractivity contribution in [3.05, 3.63) is 28.2 Å². The van der Waals surface area contributed by atoms with Crippen molar-refractivity contribution >= 4 is 33.6 Å². The van der Waals surface area contributed by atoms with E-state index >= 15 is 0 Å². The molecule has 4 nitrogen and oxygen atoms in total. The Morgan fingerprint density at radius 3 is 2.86 bits per heavy atom. The summed E-state index contributed by atoms with van der Waals surface area (Å²) in [6.45, 7) is 0. The van der Waals surface area contributed by atoms with Crippen molar-refractivity contribution in [1.82, 2.24) is 0 Å². The Morgan fingerprint density at radius 1 is 1.50 bits per heavy atom. The van der Waals surface area contributed by atoms with Gasteiger partial charge in [-0.25, -0.2) is 9.69 Å². The molecular weight excluding hydrogens is 250 g/mol. The number of carbonyl (C=O) groups excluding carboxylic acids is 1. The lowest BCUT2D eigenvalue weighted by molar-refractivity contribution is -0.116. The van der Waals surface area contributed by atoms with Crippen molar-refractivity contribution in [1.29, 1.82) is 0 Å². The molecule has 1 N–H and O–H groups in total. The minimum absolute atomic E-state index is 0.142. The molecule has 0 spiro atoms. The van der Waals surface area contributed by atoms with Gasteiger partial charge < -0.3 is 5.11 Å². The van der Waals surface area contributed by atoms with Crippen molar-refractivity contribution in [2.24, 2.45) is 0 Å². The second-order valence-electron chi connectivity index (χ2n) is 2.93. The molecule has 0 saturated carbocycles. The van der Waals surface area contributed by atoms with Gasteiger partial charge in [0.2, 0.25) is 5.91 Å². The number of hydrogen-bond donors (Lipinski definition) is 1. The number of amides is 2. The van der Waals surface area contributed by atoms with E-state index in [1.807, 2.05) is 0 Å². The monoisotopic (exact) mass is 255 g/mol. The molecule has 0 radical (unpaired) electrons. The predicted molar refractivity (Wildman–Crippen MR) is 53.4 cm³/mol. The maximum Gasteiger partial charge on any atom is 0.418 e. The second kappa shape index (κ2) is 3.09. The average molecular weight is 256 g/mol. The van der Waals surface area contributed by atoms with Crippen molar-refractivity contribution in [3.63, 3.8) is 0 Å². The van der Waals surface area contributed by atoms with Crippen LogP contribution in [-0.4, -0.2) is 17.1 Å². The standard InChI is InChI=1S/C9H6BrNO3/c10-6-2-1-3-7-5(6)4-8(12)11(7)9(13)14/h1-3H,4H2,(H,13,14). The third-order valence-corrected chi connectivity index (χ3v) is 2.85. The van der Waals surface area contributed by atoms with E-state index in [-0.39, 0.29) is 6.42 Å². The van der Waals surface area contributed by atoms with E-state index in [4.69, 9.17) is 5.11 Å². The molecule has 1 aliphatic heterocycles. The molecule has 0 saturated heterocycles. The van der Waals surface area contributed by atoms with Crippen LogP contribution in [0.1, 0.15) is 5.56 Å². The molecule has 0 bridgehead atoms. The van der Waals surface area contributed by atoms with Crippen LogP contribution >= 0.6 is 15.9 Å². The highest BCUT2D eigenvalue weighted by Crippen LogP contribution is 2.34. The number of imide groups is 1. The number of rotatable bonds is 0. The quantitative estimate of drug-likeness (QED) is 0.772. The fourth-order valence-electron chi connectivity index (χ4n) is 1.51. The van der Waals surface area contributed by atoms with Gasteiger partial charge in [-0.3, -0.25) is 4.79 Å². The van der Waals surface area contributed by atoms with Gasteiger partial charge in [-0.15, -0.1) is 0 Å². The van der Waals surface area contributed by atoms with E-state index < -0.39 is 12.0 Å². The van der Waals surface area contributed by atoms with Crippen LogP contribution in [0.5, 0.6) is 0 Å². The summed E-state index contributed by atoms with van der Waals surface area (Å²) in [6, 6.07) is 5.12. The van der Waals surface area contributed by atoms with E-state index in [0.29, 0.717) is 5.69 Å². The molecule has 14 heavy (non-hydrogen) atoms. The van der Waals surface area contributed by atoms with Crippen molar-refractivity contribution in [2.75, 3.05) is 4.90 Å². The van der Waals surface area contributed by atoms with Gasteiger partial charge in [0.15, 0.2) is 0 Å². The first-order chi connectivity index (χ1) is 6.61. The maximum absolute atomic E-state index is 11.3. The van der Waals surface area contributed by atoms with E-state index in [0.717, 1.165) is 14.9 Å². The zero-order chi connectivity index (χ0) is 10.3. The van der Waals surface area contributed by atoms with Gasteiger partial charge in [0, 0.05) is 10.0 Å². The Hall–Kier alpha value is -1.36. The van der Waals surface area contributed by atoms with Crippen molar-refractivity contribution < 1.29 is 14.7 Å². The molecule has 0 aromatic heterocycles. The van der Waals surface area contributed by atoms with E-state index in [2.05, 4.69) is 15.9 Å². The van der Waals surface area contributed by atoms with Gasteiger partial charge >= 0.3 is 6.09 Å². The molecule has 1 aliphatic rings. The smallest absolute Gasteiger partial charge is 0.418 e. The van der Waals surface area contributed by atoms with Crippen LogP contribution in [0, 0.1) is 0 Å². The van der Waals surface area contributed by atoms with Gasteiger partial charge in [0.25, 0.3) is 0 Å². The van der Waals surface area contributed by atoms with E-state index in [9.17, 15) is 9.59 Å². The van der Waals surface area contributed by atoms with Gasteiger partial charge in [-0.05, 0) is 12.1 Å². The number of fused-ring (bicyclic) bond motifs is 1. The maximum atomic E-state index is 11.3. The zero-order valence-corrected chi connectivity index (χ0v) is 8.61. The summed E-state index contributed by atoms with van der Waals surface area (Å²) < 4.78 is 0.770. The lowest BCUT2D eigenvalue weighted by Gasteiger charge is -2.10. The minimum Gasteiger partial charge on any atom is -0.464 e. The SMILES string of the molecule is O=C(O)N1C(=O)Cc2c(Br)cccc21. The van der Waals surface area contributed by atoms with Crippen molar-refractivity contribution in [2.45, 2.75) is 6.42 Å². The largest absolute Gasteiger partial charge is 0.464 e. The summed E-state index contributed by atoms with van der Waals surface area (Å²) in [5.41, 5.74) is 1.19. The molecule has 0 atom stereocenters. The summed E-state index contributed by atoms with van der Waals surface area (Å²) in [4.78, 5) is 22.9. The number of carbonyl (C=O) groups is 2. The molecule has 2 rings (SSSR count). The topological polar surface area (TPSA) is 57.6 Å². The molecule has 0 fully saturated rings. The van der Waals surface area contributed by atoms with Crippen LogP contribution in [-0.2, 0) is 11.2 Å². The van der Waals surface area contributed by atoms with Crippen LogP contribution in [0.25, 0.3) is 0 Å². The normalized spacial score (nSPS) is 14.4. The summed E-state index contributed by atoms with van der Waals surface area (Å²) in [5.74, 6) is -0.403. The lowest BCUT2D eigenvalue weighted by atomic mass is 10.2. The third kappa shape index (κ3) is 1.21. The molecule has 1 heterocycles. The highest BCUT2D eigenvalue weighted by Gasteiger charge is 2.33. The average Bonchev–Trinajstić information content (AvgIpc) is 2.42. The Balaban J connectivity index is 2.58. The van der Waals surface area contributed by atoms with Crippen LogP contribution in [0.15, 0.2) is 22.7 Å². The van der Waals surface area contributed by atoms with Crippen LogP contribution in [0.3, 0.4) is 0 Å². The molecular formula is C9H6BrNO3. The first kappa shape index (κ1) is 9.21. The van der Waals surface area contributed by atoms with Crippen LogP contribution < -0.4 is 4.90 Å². The summed E-state index contributed by atoms with van der Waals surface area (Å²) >= 11 is 3.28. The first-order valence-electron chi connectivity index (χ1n) is 3.94. The third-order valence-electron chi connectivity index (χ3n) is 2.10. The second-order valence-corrected chi connectivity index (χ2v) is 3.78. The Kier molecular flexibility index (Phi) is 2.03. The van der Waals surface area contributed by atoms with Gasteiger partial charge in [0.1, 0.15) is 0 Å². The molecule has 0 unspecified atom stereocenters.